The molecule has 0 spiro atoms. The van der Waals surface area contributed by atoms with Crippen molar-refractivity contribution < 1.29 is 4.74 Å². The van der Waals surface area contributed by atoms with Gasteiger partial charge in [0.25, 0.3) is 0 Å². The molecule has 21 heavy (non-hydrogen) atoms. The first-order valence-electron chi connectivity index (χ1n) is 7.28. The van der Waals surface area contributed by atoms with Crippen LogP contribution in [0.25, 0.3) is 10.8 Å². The number of nitrogens with two attached hydrogens (primary N) is 1. The lowest BCUT2D eigenvalue weighted by atomic mass is 10.1. The first-order valence-corrected chi connectivity index (χ1v) is 7.28. The predicted molar refractivity (Wildman–Crippen MR) is 88.6 cm³/mol. The van der Waals surface area contributed by atoms with Crippen molar-refractivity contribution in [2.24, 2.45) is 0 Å². The lowest BCUT2D eigenvalue weighted by molar-refractivity contribution is 0.314. The van der Waals surface area contributed by atoms with Crippen LogP contribution in [0.4, 0.5) is 5.69 Å². The van der Waals surface area contributed by atoms with Gasteiger partial charge in [-0.25, -0.2) is 0 Å². The minimum Gasteiger partial charge on any atom is -0.493 e. The molecule has 0 heterocycles. The highest BCUT2D eigenvalue weighted by atomic mass is 16.5. The van der Waals surface area contributed by atoms with Crippen molar-refractivity contribution >= 4 is 16.5 Å². The van der Waals surface area contributed by atoms with Crippen molar-refractivity contribution in [1.82, 2.24) is 0 Å². The average molecular weight is 277 g/mol. The van der Waals surface area contributed by atoms with Crippen molar-refractivity contribution in [2.75, 3.05) is 12.3 Å². The Morgan fingerprint density at radius 3 is 2.43 bits per heavy atom. The van der Waals surface area contributed by atoms with E-state index in [0.29, 0.717) is 0 Å². The average Bonchev–Trinajstić information content (AvgIpc) is 2.53. The van der Waals surface area contributed by atoms with E-state index in [9.17, 15) is 0 Å². The first kappa shape index (κ1) is 13.5. The fraction of sp³-hybridized carbons (Fsp3) is 0.158. The normalized spacial score (nSPS) is 10.7. The zero-order valence-corrected chi connectivity index (χ0v) is 12.0. The number of ether oxygens (including phenoxy) is 1. The zero-order valence-electron chi connectivity index (χ0n) is 12.0. The number of hydrogen-bond acceptors (Lipinski definition) is 2. The summed E-state index contributed by atoms with van der Waals surface area (Å²) in [5.41, 5.74) is 7.79. The van der Waals surface area contributed by atoms with E-state index in [2.05, 4.69) is 30.3 Å². The molecule has 2 N–H and O–H groups in total. The van der Waals surface area contributed by atoms with Gasteiger partial charge in [0.05, 0.1) is 6.61 Å². The summed E-state index contributed by atoms with van der Waals surface area (Å²) >= 11 is 0. The molecule has 0 radical (unpaired) electrons. The van der Waals surface area contributed by atoms with Crippen LogP contribution in [-0.2, 0) is 6.42 Å². The van der Waals surface area contributed by atoms with Crippen LogP contribution in [0.3, 0.4) is 0 Å². The van der Waals surface area contributed by atoms with E-state index in [1.807, 2.05) is 36.4 Å². The van der Waals surface area contributed by atoms with Gasteiger partial charge in [0, 0.05) is 11.1 Å². The molecule has 0 atom stereocenters. The molecular weight excluding hydrogens is 258 g/mol. The van der Waals surface area contributed by atoms with E-state index in [1.54, 1.807) is 0 Å². The summed E-state index contributed by atoms with van der Waals surface area (Å²) in [6.07, 6.45) is 2.00. The molecule has 2 nitrogen and oxygen atoms in total. The third-order valence-corrected chi connectivity index (χ3v) is 3.60. The molecule has 0 fully saturated rings. The molecule has 0 aliphatic rings. The van der Waals surface area contributed by atoms with Crippen LogP contribution >= 0.6 is 0 Å². The molecule has 2 heteroatoms. The summed E-state index contributed by atoms with van der Waals surface area (Å²) in [4.78, 5) is 0. The van der Waals surface area contributed by atoms with Gasteiger partial charge in [-0.3, -0.25) is 0 Å². The Balaban J connectivity index is 1.58. The van der Waals surface area contributed by atoms with Gasteiger partial charge in [0.1, 0.15) is 5.75 Å². The summed E-state index contributed by atoms with van der Waals surface area (Å²) in [7, 11) is 0. The molecule has 3 aromatic rings. The van der Waals surface area contributed by atoms with Gasteiger partial charge < -0.3 is 10.5 Å². The van der Waals surface area contributed by atoms with E-state index in [0.717, 1.165) is 30.9 Å². The Hall–Kier alpha value is -2.48. The van der Waals surface area contributed by atoms with E-state index < -0.39 is 0 Å². The lowest BCUT2D eigenvalue weighted by Crippen LogP contribution is -2.00. The Kier molecular flexibility index (Phi) is 4.06. The standard InChI is InChI=1S/C19H19NO/c20-17-12-10-15(11-13-17)5-4-14-21-19-9-3-7-16-6-1-2-8-18(16)19/h1-3,6-13H,4-5,14,20H2. The number of rotatable bonds is 5. The topological polar surface area (TPSA) is 35.2 Å². The van der Waals surface area contributed by atoms with Gasteiger partial charge in [-0.05, 0) is 42.0 Å². The Morgan fingerprint density at radius 1 is 0.810 bits per heavy atom. The van der Waals surface area contributed by atoms with Crippen molar-refractivity contribution in [3.05, 3.63) is 72.3 Å². The molecule has 0 aliphatic heterocycles. The van der Waals surface area contributed by atoms with E-state index in [-0.39, 0.29) is 0 Å². The molecule has 0 amide bonds. The maximum Gasteiger partial charge on any atom is 0.127 e. The van der Waals surface area contributed by atoms with Gasteiger partial charge >= 0.3 is 0 Å². The number of benzene rings is 3. The fourth-order valence-electron chi connectivity index (χ4n) is 2.46. The van der Waals surface area contributed by atoms with E-state index in [4.69, 9.17) is 10.5 Å². The number of fused-ring (bicyclic) bond motifs is 1. The van der Waals surface area contributed by atoms with Gasteiger partial charge in [-0.1, -0.05) is 48.5 Å². The van der Waals surface area contributed by atoms with Gasteiger partial charge in [-0.2, -0.15) is 0 Å². The van der Waals surface area contributed by atoms with Crippen molar-refractivity contribution in [1.29, 1.82) is 0 Å². The highest BCUT2D eigenvalue weighted by Crippen LogP contribution is 2.25. The largest absolute Gasteiger partial charge is 0.493 e. The molecule has 0 aromatic heterocycles. The number of hydrogen-bond donors (Lipinski definition) is 1. The highest BCUT2D eigenvalue weighted by Gasteiger charge is 2.01. The van der Waals surface area contributed by atoms with E-state index in [1.165, 1.54) is 16.3 Å². The van der Waals surface area contributed by atoms with Crippen LogP contribution in [0.2, 0.25) is 0 Å². The third-order valence-electron chi connectivity index (χ3n) is 3.60. The minimum absolute atomic E-state index is 0.721. The number of anilines is 1. The maximum atomic E-state index is 5.94. The smallest absolute Gasteiger partial charge is 0.127 e. The van der Waals surface area contributed by atoms with Crippen LogP contribution < -0.4 is 10.5 Å². The van der Waals surface area contributed by atoms with Crippen molar-refractivity contribution in [2.45, 2.75) is 12.8 Å². The predicted octanol–water partition coefficient (Wildman–Crippen LogP) is 4.43. The van der Waals surface area contributed by atoms with Crippen LogP contribution in [0.1, 0.15) is 12.0 Å². The van der Waals surface area contributed by atoms with Gasteiger partial charge in [0.15, 0.2) is 0 Å². The summed E-state index contributed by atoms with van der Waals surface area (Å²) in [5, 5.41) is 2.39. The zero-order chi connectivity index (χ0) is 14.5. The Labute approximate surface area is 125 Å². The molecule has 0 aliphatic carbocycles. The SMILES string of the molecule is Nc1ccc(CCCOc2cccc3ccccc23)cc1. The first-order chi connectivity index (χ1) is 10.3. The maximum absolute atomic E-state index is 5.94. The molecule has 0 saturated heterocycles. The van der Waals surface area contributed by atoms with Crippen LogP contribution in [-0.4, -0.2) is 6.61 Å². The van der Waals surface area contributed by atoms with Gasteiger partial charge in [0.2, 0.25) is 0 Å². The second-order valence-corrected chi connectivity index (χ2v) is 5.17. The summed E-state index contributed by atoms with van der Waals surface area (Å²) < 4.78 is 5.94. The number of nitrogen functional groups attached to an aromatic ring is 1. The van der Waals surface area contributed by atoms with Crippen LogP contribution in [0.5, 0.6) is 5.75 Å². The summed E-state index contributed by atoms with van der Waals surface area (Å²) in [6.45, 7) is 0.721. The summed E-state index contributed by atoms with van der Waals surface area (Å²) in [6, 6.07) is 22.5. The molecule has 0 unspecified atom stereocenters. The molecule has 0 saturated carbocycles. The quantitative estimate of drug-likeness (QED) is 0.553. The molecule has 3 rings (SSSR count). The van der Waals surface area contributed by atoms with E-state index >= 15 is 0 Å². The minimum atomic E-state index is 0.721. The van der Waals surface area contributed by atoms with Crippen LogP contribution in [0, 0.1) is 0 Å². The molecule has 3 aromatic carbocycles. The molecule has 0 bridgehead atoms. The second kappa shape index (κ2) is 6.31. The van der Waals surface area contributed by atoms with Gasteiger partial charge in [-0.15, -0.1) is 0 Å². The van der Waals surface area contributed by atoms with Crippen LogP contribution in [0.15, 0.2) is 66.7 Å². The Bertz CT molecular complexity index is 714. The lowest BCUT2D eigenvalue weighted by Gasteiger charge is -2.09. The second-order valence-electron chi connectivity index (χ2n) is 5.17. The Morgan fingerprint density at radius 2 is 1.57 bits per heavy atom. The van der Waals surface area contributed by atoms with Crippen molar-refractivity contribution in [3.63, 3.8) is 0 Å². The number of aryl methyl sites for hydroxylation is 1. The monoisotopic (exact) mass is 277 g/mol. The highest BCUT2D eigenvalue weighted by molar-refractivity contribution is 5.88. The van der Waals surface area contributed by atoms with Crippen molar-refractivity contribution in [3.8, 4) is 5.75 Å². The third kappa shape index (κ3) is 3.34. The molecule has 106 valence electrons. The molecular formula is C19H19NO. The summed E-state index contributed by atoms with van der Waals surface area (Å²) in [5.74, 6) is 0.963. The fourth-order valence-corrected chi connectivity index (χ4v) is 2.46.